The SMILES string of the molecule is COc1cccc2c(NC=C(C#N)C#N)cccc12. The Morgan fingerprint density at radius 2 is 1.79 bits per heavy atom. The fourth-order valence-electron chi connectivity index (χ4n) is 1.82. The van der Waals surface area contributed by atoms with Crippen LogP contribution in [-0.4, -0.2) is 7.11 Å². The van der Waals surface area contributed by atoms with Crippen molar-refractivity contribution in [2.45, 2.75) is 0 Å². The van der Waals surface area contributed by atoms with Gasteiger partial charge in [0.25, 0.3) is 0 Å². The van der Waals surface area contributed by atoms with Gasteiger partial charge in [0.15, 0.2) is 0 Å². The average molecular weight is 249 g/mol. The molecule has 2 rings (SSSR count). The molecule has 2 aromatic carbocycles. The average Bonchev–Trinajstić information content (AvgIpc) is 2.47. The number of rotatable bonds is 3. The Morgan fingerprint density at radius 1 is 1.11 bits per heavy atom. The van der Waals surface area contributed by atoms with Gasteiger partial charge in [-0.05, 0) is 12.1 Å². The molecular weight excluding hydrogens is 238 g/mol. The van der Waals surface area contributed by atoms with Crippen LogP contribution >= 0.6 is 0 Å². The first-order chi connectivity index (χ1) is 9.30. The van der Waals surface area contributed by atoms with E-state index in [-0.39, 0.29) is 5.57 Å². The van der Waals surface area contributed by atoms with Gasteiger partial charge in [-0.15, -0.1) is 0 Å². The number of benzene rings is 2. The zero-order chi connectivity index (χ0) is 13.7. The van der Waals surface area contributed by atoms with Crippen LogP contribution in [0.3, 0.4) is 0 Å². The van der Waals surface area contributed by atoms with Crippen LogP contribution in [0.4, 0.5) is 5.69 Å². The fourth-order valence-corrected chi connectivity index (χ4v) is 1.82. The maximum atomic E-state index is 8.70. The summed E-state index contributed by atoms with van der Waals surface area (Å²) < 4.78 is 5.30. The third kappa shape index (κ3) is 2.48. The number of nitrogens with one attached hydrogen (secondary N) is 1. The minimum atomic E-state index is 0.0277. The van der Waals surface area contributed by atoms with E-state index >= 15 is 0 Å². The molecule has 0 aliphatic rings. The van der Waals surface area contributed by atoms with Crippen molar-refractivity contribution in [1.29, 1.82) is 10.5 Å². The van der Waals surface area contributed by atoms with Crippen LogP contribution < -0.4 is 10.1 Å². The van der Waals surface area contributed by atoms with E-state index in [1.54, 1.807) is 19.2 Å². The lowest BCUT2D eigenvalue weighted by atomic mass is 10.1. The number of fused-ring (bicyclic) bond motifs is 1. The number of nitriles is 2. The van der Waals surface area contributed by atoms with Gasteiger partial charge in [0.1, 0.15) is 23.5 Å². The van der Waals surface area contributed by atoms with E-state index in [9.17, 15) is 0 Å². The molecule has 4 nitrogen and oxygen atoms in total. The summed E-state index contributed by atoms with van der Waals surface area (Å²) in [7, 11) is 1.62. The Bertz CT molecular complexity index is 704. The van der Waals surface area contributed by atoms with Gasteiger partial charge >= 0.3 is 0 Å². The van der Waals surface area contributed by atoms with Crippen LogP contribution in [0, 0.1) is 22.7 Å². The largest absolute Gasteiger partial charge is 0.496 e. The van der Waals surface area contributed by atoms with Crippen molar-refractivity contribution in [3.63, 3.8) is 0 Å². The van der Waals surface area contributed by atoms with Gasteiger partial charge < -0.3 is 10.1 Å². The number of methoxy groups -OCH3 is 1. The zero-order valence-corrected chi connectivity index (χ0v) is 10.3. The van der Waals surface area contributed by atoms with E-state index < -0.39 is 0 Å². The molecule has 4 heteroatoms. The summed E-state index contributed by atoms with van der Waals surface area (Å²) >= 11 is 0. The summed E-state index contributed by atoms with van der Waals surface area (Å²) in [6.45, 7) is 0. The summed E-state index contributed by atoms with van der Waals surface area (Å²) in [4.78, 5) is 0. The van der Waals surface area contributed by atoms with Gasteiger partial charge in [0.05, 0.1) is 7.11 Å². The van der Waals surface area contributed by atoms with Crippen LogP contribution in [0.1, 0.15) is 0 Å². The Balaban J connectivity index is 2.49. The monoisotopic (exact) mass is 249 g/mol. The van der Waals surface area contributed by atoms with Gasteiger partial charge in [-0.3, -0.25) is 0 Å². The van der Waals surface area contributed by atoms with Crippen LogP contribution in [-0.2, 0) is 0 Å². The molecule has 0 aliphatic heterocycles. The first-order valence-corrected chi connectivity index (χ1v) is 5.62. The van der Waals surface area contributed by atoms with E-state index in [0.29, 0.717) is 0 Å². The van der Waals surface area contributed by atoms with E-state index in [1.807, 2.05) is 36.4 Å². The van der Waals surface area contributed by atoms with Crippen molar-refractivity contribution in [3.05, 3.63) is 48.2 Å². The highest BCUT2D eigenvalue weighted by Crippen LogP contribution is 2.30. The summed E-state index contributed by atoms with van der Waals surface area (Å²) in [6, 6.07) is 15.1. The van der Waals surface area contributed by atoms with Crippen LogP contribution in [0.2, 0.25) is 0 Å². The van der Waals surface area contributed by atoms with Gasteiger partial charge in [-0.1, -0.05) is 24.3 Å². The van der Waals surface area contributed by atoms with Gasteiger partial charge in [0.2, 0.25) is 0 Å². The van der Waals surface area contributed by atoms with Crippen molar-refractivity contribution in [2.75, 3.05) is 12.4 Å². The molecule has 19 heavy (non-hydrogen) atoms. The van der Waals surface area contributed by atoms with E-state index in [2.05, 4.69) is 5.32 Å². The van der Waals surface area contributed by atoms with E-state index in [4.69, 9.17) is 15.3 Å². The molecular formula is C15H11N3O. The first kappa shape index (κ1) is 12.5. The van der Waals surface area contributed by atoms with E-state index in [1.165, 1.54) is 6.20 Å². The number of ether oxygens (including phenoxy) is 1. The Kier molecular flexibility index (Phi) is 3.66. The molecule has 0 fully saturated rings. The Hall–Kier alpha value is -2.98. The van der Waals surface area contributed by atoms with Crippen molar-refractivity contribution in [2.24, 2.45) is 0 Å². The van der Waals surface area contributed by atoms with Crippen molar-refractivity contribution in [3.8, 4) is 17.9 Å². The van der Waals surface area contributed by atoms with Crippen molar-refractivity contribution >= 4 is 16.5 Å². The molecule has 0 radical (unpaired) electrons. The smallest absolute Gasteiger partial charge is 0.145 e. The molecule has 0 unspecified atom stereocenters. The highest BCUT2D eigenvalue weighted by Gasteiger charge is 2.04. The van der Waals surface area contributed by atoms with Gasteiger partial charge in [-0.25, -0.2) is 0 Å². The second kappa shape index (κ2) is 5.57. The van der Waals surface area contributed by atoms with Gasteiger partial charge in [-0.2, -0.15) is 10.5 Å². The third-order valence-electron chi connectivity index (χ3n) is 2.71. The topological polar surface area (TPSA) is 68.8 Å². The summed E-state index contributed by atoms with van der Waals surface area (Å²) in [5.41, 5.74) is 0.847. The Labute approximate surface area is 111 Å². The van der Waals surface area contributed by atoms with Crippen molar-refractivity contribution < 1.29 is 4.74 Å². The maximum absolute atomic E-state index is 8.70. The quantitative estimate of drug-likeness (QED) is 0.848. The normalized spacial score (nSPS) is 9.21. The second-order valence-corrected chi connectivity index (χ2v) is 3.79. The lowest BCUT2D eigenvalue weighted by Crippen LogP contribution is -1.92. The highest BCUT2D eigenvalue weighted by atomic mass is 16.5. The highest BCUT2D eigenvalue weighted by molar-refractivity contribution is 5.97. The first-order valence-electron chi connectivity index (χ1n) is 5.62. The standard InChI is InChI=1S/C15H11N3O/c1-19-15-7-3-4-12-13(15)5-2-6-14(12)18-10-11(8-16)9-17/h2-7,10,18H,1H3. The number of hydrogen-bond acceptors (Lipinski definition) is 4. The van der Waals surface area contributed by atoms with Crippen molar-refractivity contribution in [1.82, 2.24) is 0 Å². The minimum absolute atomic E-state index is 0.0277. The fraction of sp³-hybridized carbons (Fsp3) is 0.0667. The molecule has 1 N–H and O–H groups in total. The third-order valence-corrected chi connectivity index (χ3v) is 2.71. The number of allylic oxidation sites excluding steroid dienone is 1. The number of hydrogen-bond donors (Lipinski definition) is 1. The second-order valence-electron chi connectivity index (χ2n) is 3.79. The molecule has 0 bridgehead atoms. The minimum Gasteiger partial charge on any atom is -0.496 e. The number of nitrogens with zero attached hydrogens (tertiary/aromatic N) is 2. The molecule has 0 saturated heterocycles. The zero-order valence-electron chi connectivity index (χ0n) is 10.3. The molecule has 0 amide bonds. The maximum Gasteiger partial charge on any atom is 0.145 e. The lowest BCUT2D eigenvalue weighted by molar-refractivity contribution is 0.420. The lowest BCUT2D eigenvalue weighted by Gasteiger charge is -2.09. The van der Waals surface area contributed by atoms with E-state index in [0.717, 1.165) is 22.2 Å². The molecule has 2 aromatic rings. The predicted molar refractivity (Wildman–Crippen MR) is 73.4 cm³/mol. The predicted octanol–water partition coefficient (Wildman–Crippen LogP) is 3.19. The summed E-state index contributed by atoms with van der Waals surface area (Å²) in [5, 5.41) is 22.3. The molecule has 0 heterocycles. The Morgan fingerprint density at radius 3 is 2.47 bits per heavy atom. The number of anilines is 1. The molecule has 0 spiro atoms. The van der Waals surface area contributed by atoms with Crippen LogP contribution in [0.15, 0.2) is 48.2 Å². The van der Waals surface area contributed by atoms with Crippen LogP contribution in [0.25, 0.3) is 10.8 Å². The molecule has 92 valence electrons. The van der Waals surface area contributed by atoms with Crippen LogP contribution in [0.5, 0.6) is 5.75 Å². The van der Waals surface area contributed by atoms with Gasteiger partial charge in [0, 0.05) is 22.7 Å². The summed E-state index contributed by atoms with van der Waals surface area (Å²) in [6.07, 6.45) is 1.40. The summed E-state index contributed by atoms with van der Waals surface area (Å²) in [5.74, 6) is 0.783. The molecule has 0 saturated carbocycles. The molecule has 0 aliphatic carbocycles. The molecule has 0 aromatic heterocycles. The molecule has 0 atom stereocenters.